The number of amides is 1. The Kier molecular flexibility index (Phi) is 4.89. The molecule has 0 spiro atoms. The molecule has 1 N–H and O–H groups in total. The summed E-state index contributed by atoms with van der Waals surface area (Å²) >= 11 is 1.47. The second kappa shape index (κ2) is 5.96. The van der Waals surface area contributed by atoms with E-state index in [-0.39, 0.29) is 5.91 Å². The summed E-state index contributed by atoms with van der Waals surface area (Å²) in [7, 11) is 1.61. The quantitative estimate of drug-likeness (QED) is 0.803. The molecule has 0 unspecified atom stereocenters. The van der Waals surface area contributed by atoms with Gasteiger partial charge in [0, 0.05) is 19.6 Å². The molecule has 1 heterocycles. The zero-order valence-corrected chi connectivity index (χ0v) is 11.0. The Hall–Kier alpha value is -0.940. The number of carbonyl (C=O) groups is 1. The van der Waals surface area contributed by atoms with Gasteiger partial charge < -0.3 is 10.1 Å². The Labute approximate surface area is 100 Å². The van der Waals surface area contributed by atoms with E-state index < -0.39 is 0 Å². The summed E-state index contributed by atoms with van der Waals surface area (Å²) in [5.41, 5.74) is 0.809. The van der Waals surface area contributed by atoms with Crippen molar-refractivity contribution in [3.05, 3.63) is 15.6 Å². The van der Waals surface area contributed by atoms with Gasteiger partial charge in [-0.3, -0.25) is 4.79 Å². The van der Waals surface area contributed by atoms with Gasteiger partial charge in [0.2, 0.25) is 0 Å². The Morgan fingerprint density at radius 2 is 2.25 bits per heavy atom. The molecule has 1 amide bonds. The monoisotopic (exact) mass is 242 g/mol. The fourth-order valence-corrected chi connectivity index (χ4v) is 2.21. The Morgan fingerprint density at radius 1 is 1.56 bits per heavy atom. The van der Waals surface area contributed by atoms with Gasteiger partial charge >= 0.3 is 0 Å². The van der Waals surface area contributed by atoms with Crippen molar-refractivity contribution < 1.29 is 9.53 Å². The van der Waals surface area contributed by atoms with Crippen LogP contribution in [0.1, 0.15) is 40.1 Å². The lowest BCUT2D eigenvalue weighted by molar-refractivity contribution is 0.0940. The number of hydrogen-bond acceptors (Lipinski definition) is 4. The van der Waals surface area contributed by atoms with Crippen molar-refractivity contribution in [2.24, 2.45) is 0 Å². The van der Waals surface area contributed by atoms with E-state index in [1.165, 1.54) is 11.3 Å². The van der Waals surface area contributed by atoms with E-state index >= 15 is 0 Å². The number of aryl methyl sites for hydroxylation is 1. The summed E-state index contributed by atoms with van der Waals surface area (Å²) in [5.74, 6) is 0.308. The molecule has 0 bridgehead atoms. The normalized spacial score (nSPS) is 10.8. The highest BCUT2D eigenvalue weighted by Crippen LogP contribution is 2.24. The maximum absolute atomic E-state index is 11.8. The van der Waals surface area contributed by atoms with E-state index in [0.29, 0.717) is 23.9 Å². The summed E-state index contributed by atoms with van der Waals surface area (Å²) in [4.78, 5) is 16.9. The van der Waals surface area contributed by atoms with Gasteiger partial charge in [-0.15, -0.1) is 11.3 Å². The van der Waals surface area contributed by atoms with Crippen LogP contribution in [0.15, 0.2) is 0 Å². The number of thiazole rings is 1. The van der Waals surface area contributed by atoms with E-state index in [2.05, 4.69) is 24.1 Å². The third-order valence-corrected chi connectivity index (χ3v) is 3.56. The predicted octanol–water partition coefficient (Wildman–Crippen LogP) is 1.95. The van der Waals surface area contributed by atoms with Crippen LogP contribution >= 0.6 is 11.3 Å². The van der Waals surface area contributed by atoms with Gasteiger partial charge in [-0.2, -0.15) is 0 Å². The van der Waals surface area contributed by atoms with Crippen molar-refractivity contribution in [1.82, 2.24) is 10.3 Å². The Morgan fingerprint density at radius 3 is 2.75 bits per heavy atom. The molecule has 0 saturated carbocycles. The van der Waals surface area contributed by atoms with Crippen molar-refractivity contribution >= 4 is 17.2 Å². The first kappa shape index (κ1) is 13.1. The zero-order valence-electron chi connectivity index (χ0n) is 10.2. The van der Waals surface area contributed by atoms with Crippen molar-refractivity contribution in [2.75, 3.05) is 20.3 Å². The van der Waals surface area contributed by atoms with E-state index in [9.17, 15) is 4.79 Å². The van der Waals surface area contributed by atoms with Crippen LogP contribution in [0.2, 0.25) is 0 Å². The number of methoxy groups -OCH3 is 1. The first-order valence-corrected chi connectivity index (χ1v) is 6.12. The third kappa shape index (κ3) is 3.28. The minimum Gasteiger partial charge on any atom is -0.383 e. The highest BCUT2D eigenvalue weighted by Gasteiger charge is 2.16. The van der Waals surface area contributed by atoms with E-state index in [0.717, 1.165) is 10.7 Å². The van der Waals surface area contributed by atoms with E-state index in [1.807, 2.05) is 6.92 Å². The van der Waals surface area contributed by atoms with E-state index in [4.69, 9.17) is 4.74 Å². The molecule has 0 radical (unpaired) electrons. The molecule has 0 aliphatic carbocycles. The molecule has 0 atom stereocenters. The summed E-state index contributed by atoms with van der Waals surface area (Å²) in [6, 6.07) is 0. The second-order valence-electron chi connectivity index (χ2n) is 3.87. The number of hydrogen-bond donors (Lipinski definition) is 1. The molecule has 16 heavy (non-hydrogen) atoms. The van der Waals surface area contributed by atoms with E-state index in [1.54, 1.807) is 7.11 Å². The molecule has 0 aromatic carbocycles. The van der Waals surface area contributed by atoms with Crippen LogP contribution in [0.25, 0.3) is 0 Å². The molecule has 5 heteroatoms. The maximum atomic E-state index is 11.8. The van der Waals surface area contributed by atoms with Gasteiger partial charge in [0.1, 0.15) is 4.88 Å². The number of nitrogens with zero attached hydrogens (tertiary/aromatic N) is 1. The first-order valence-electron chi connectivity index (χ1n) is 5.30. The van der Waals surface area contributed by atoms with Gasteiger partial charge in [0.05, 0.1) is 17.3 Å². The highest BCUT2D eigenvalue weighted by molar-refractivity contribution is 7.13. The summed E-state index contributed by atoms with van der Waals surface area (Å²) in [6.45, 7) is 7.08. The summed E-state index contributed by atoms with van der Waals surface area (Å²) in [5, 5.41) is 3.81. The average molecular weight is 242 g/mol. The molecular formula is C11H18N2O2S. The molecule has 90 valence electrons. The number of carbonyl (C=O) groups excluding carboxylic acids is 1. The number of rotatable bonds is 5. The maximum Gasteiger partial charge on any atom is 0.263 e. The van der Waals surface area contributed by atoms with Gasteiger partial charge in [0.25, 0.3) is 5.91 Å². The van der Waals surface area contributed by atoms with Crippen LogP contribution in [-0.4, -0.2) is 31.2 Å². The van der Waals surface area contributed by atoms with Crippen LogP contribution in [-0.2, 0) is 4.74 Å². The molecule has 1 aromatic heterocycles. The van der Waals surface area contributed by atoms with Gasteiger partial charge in [-0.1, -0.05) is 13.8 Å². The van der Waals surface area contributed by atoms with Crippen LogP contribution in [0, 0.1) is 6.92 Å². The molecular weight excluding hydrogens is 224 g/mol. The van der Waals surface area contributed by atoms with Crippen LogP contribution in [0.5, 0.6) is 0 Å². The largest absolute Gasteiger partial charge is 0.383 e. The molecule has 0 saturated heterocycles. The smallest absolute Gasteiger partial charge is 0.263 e. The summed E-state index contributed by atoms with van der Waals surface area (Å²) < 4.78 is 4.87. The van der Waals surface area contributed by atoms with Gasteiger partial charge in [-0.05, 0) is 6.92 Å². The van der Waals surface area contributed by atoms with Gasteiger partial charge in [-0.25, -0.2) is 4.98 Å². The van der Waals surface area contributed by atoms with Gasteiger partial charge in [0.15, 0.2) is 0 Å². The summed E-state index contributed by atoms with van der Waals surface area (Å²) in [6.07, 6.45) is 0. The molecule has 4 nitrogen and oxygen atoms in total. The zero-order chi connectivity index (χ0) is 12.1. The Bertz CT molecular complexity index is 361. The lowest BCUT2D eigenvalue weighted by Gasteiger charge is -2.02. The number of nitrogens with one attached hydrogen (secondary N) is 1. The third-order valence-electron chi connectivity index (χ3n) is 2.11. The molecule has 1 aromatic rings. The second-order valence-corrected chi connectivity index (χ2v) is 4.90. The fourth-order valence-electron chi connectivity index (χ4n) is 1.22. The first-order chi connectivity index (χ1) is 7.56. The van der Waals surface area contributed by atoms with Crippen molar-refractivity contribution in [3.63, 3.8) is 0 Å². The average Bonchev–Trinajstić information content (AvgIpc) is 2.61. The molecule has 0 aliphatic rings. The number of ether oxygens (including phenoxy) is 1. The lowest BCUT2D eigenvalue weighted by atomic mass is 10.2. The SMILES string of the molecule is COCCNC(=O)c1sc(C(C)C)nc1C. The molecule has 0 fully saturated rings. The molecule has 1 rings (SSSR count). The van der Waals surface area contributed by atoms with Crippen LogP contribution in [0.4, 0.5) is 0 Å². The minimum atomic E-state index is -0.0565. The van der Waals surface area contributed by atoms with Crippen molar-refractivity contribution in [1.29, 1.82) is 0 Å². The topological polar surface area (TPSA) is 51.2 Å². The predicted molar refractivity (Wildman–Crippen MR) is 65.1 cm³/mol. The fraction of sp³-hybridized carbons (Fsp3) is 0.636. The molecule has 0 aliphatic heterocycles. The minimum absolute atomic E-state index is 0.0565. The highest BCUT2D eigenvalue weighted by atomic mass is 32.1. The van der Waals surface area contributed by atoms with Crippen molar-refractivity contribution in [2.45, 2.75) is 26.7 Å². The number of aromatic nitrogens is 1. The van der Waals surface area contributed by atoms with Crippen LogP contribution in [0.3, 0.4) is 0 Å². The Balaban J connectivity index is 2.68. The van der Waals surface area contributed by atoms with Crippen LogP contribution < -0.4 is 5.32 Å². The van der Waals surface area contributed by atoms with Crippen molar-refractivity contribution in [3.8, 4) is 0 Å². The lowest BCUT2D eigenvalue weighted by Crippen LogP contribution is -2.26. The standard InChI is InChI=1S/C11H18N2O2S/c1-7(2)11-13-8(3)9(16-11)10(14)12-5-6-15-4/h7H,5-6H2,1-4H3,(H,12,14).